The number of nitrogens with one attached hydrogen (secondary N) is 2. The molecule has 3 unspecified atom stereocenters. The highest BCUT2D eigenvalue weighted by molar-refractivity contribution is 5.80. The average Bonchev–Trinajstić information content (AvgIpc) is 2.90. The molecule has 0 aliphatic carbocycles. The lowest BCUT2D eigenvalue weighted by Gasteiger charge is -2.25. The Morgan fingerprint density at radius 2 is 2.39 bits per heavy atom. The molecule has 2 heterocycles. The van der Waals surface area contributed by atoms with Crippen LogP contribution in [0.25, 0.3) is 0 Å². The molecule has 0 spiro atoms. The van der Waals surface area contributed by atoms with Gasteiger partial charge in [0.1, 0.15) is 6.10 Å². The SMILES string of the molecule is CC(OCC1CCCO1)C(=O)NC1CCCNC1. The Morgan fingerprint density at radius 1 is 1.50 bits per heavy atom. The Balaban J connectivity index is 1.63. The molecule has 5 heteroatoms. The van der Waals surface area contributed by atoms with Gasteiger partial charge in [0.25, 0.3) is 0 Å². The minimum Gasteiger partial charge on any atom is -0.376 e. The van der Waals surface area contributed by atoms with Gasteiger partial charge in [0.15, 0.2) is 0 Å². The van der Waals surface area contributed by atoms with Crippen LogP contribution in [0, 0.1) is 0 Å². The highest BCUT2D eigenvalue weighted by atomic mass is 16.5. The van der Waals surface area contributed by atoms with E-state index >= 15 is 0 Å². The summed E-state index contributed by atoms with van der Waals surface area (Å²) in [6.45, 7) is 5.07. The van der Waals surface area contributed by atoms with E-state index in [1.807, 2.05) is 0 Å². The van der Waals surface area contributed by atoms with E-state index in [1.165, 1.54) is 0 Å². The van der Waals surface area contributed by atoms with Crippen LogP contribution in [0.1, 0.15) is 32.6 Å². The first-order valence-corrected chi connectivity index (χ1v) is 7.00. The molecule has 3 atom stereocenters. The highest BCUT2D eigenvalue weighted by Crippen LogP contribution is 2.12. The number of hydrogen-bond donors (Lipinski definition) is 2. The second kappa shape index (κ2) is 7.07. The fraction of sp³-hybridized carbons (Fsp3) is 0.923. The van der Waals surface area contributed by atoms with E-state index in [2.05, 4.69) is 10.6 Å². The maximum absolute atomic E-state index is 11.9. The molecule has 0 aromatic carbocycles. The van der Waals surface area contributed by atoms with Gasteiger partial charge in [-0.2, -0.15) is 0 Å². The summed E-state index contributed by atoms with van der Waals surface area (Å²) in [5.41, 5.74) is 0. The largest absolute Gasteiger partial charge is 0.376 e. The van der Waals surface area contributed by atoms with Crippen LogP contribution < -0.4 is 10.6 Å². The summed E-state index contributed by atoms with van der Waals surface area (Å²) in [7, 11) is 0. The third kappa shape index (κ3) is 4.23. The van der Waals surface area contributed by atoms with E-state index in [4.69, 9.17) is 9.47 Å². The minimum atomic E-state index is -0.392. The monoisotopic (exact) mass is 256 g/mol. The molecule has 2 saturated heterocycles. The van der Waals surface area contributed by atoms with Gasteiger partial charge in [0.2, 0.25) is 5.91 Å². The highest BCUT2D eigenvalue weighted by Gasteiger charge is 2.22. The van der Waals surface area contributed by atoms with Crippen molar-refractivity contribution in [1.82, 2.24) is 10.6 Å². The van der Waals surface area contributed by atoms with Gasteiger partial charge in [0, 0.05) is 19.2 Å². The van der Waals surface area contributed by atoms with Crippen LogP contribution in [0.4, 0.5) is 0 Å². The first-order chi connectivity index (χ1) is 8.75. The van der Waals surface area contributed by atoms with Gasteiger partial charge in [-0.25, -0.2) is 0 Å². The van der Waals surface area contributed by atoms with Crippen molar-refractivity contribution in [2.24, 2.45) is 0 Å². The summed E-state index contributed by atoms with van der Waals surface area (Å²) in [6.07, 6.45) is 4.10. The van der Waals surface area contributed by atoms with Crippen molar-refractivity contribution < 1.29 is 14.3 Å². The predicted octanol–water partition coefficient (Wildman–Crippen LogP) is 0.439. The number of carbonyl (C=O) groups excluding carboxylic acids is 1. The maximum atomic E-state index is 11.9. The van der Waals surface area contributed by atoms with Crippen molar-refractivity contribution >= 4 is 5.91 Å². The summed E-state index contributed by atoms with van der Waals surface area (Å²) in [5.74, 6) is -0.0123. The zero-order chi connectivity index (χ0) is 12.8. The van der Waals surface area contributed by atoms with Crippen molar-refractivity contribution in [3.63, 3.8) is 0 Å². The van der Waals surface area contributed by atoms with E-state index in [1.54, 1.807) is 6.92 Å². The lowest BCUT2D eigenvalue weighted by atomic mass is 10.1. The van der Waals surface area contributed by atoms with Crippen LogP contribution in [0.3, 0.4) is 0 Å². The van der Waals surface area contributed by atoms with E-state index in [-0.39, 0.29) is 18.1 Å². The Bertz CT molecular complexity index is 261. The molecule has 104 valence electrons. The molecule has 18 heavy (non-hydrogen) atoms. The lowest BCUT2D eigenvalue weighted by molar-refractivity contribution is -0.134. The summed E-state index contributed by atoms with van der Waals surface area (Å²) >= 11 is 0. The van der Waals surface area contributed by atoms with E-state index in [0.717, 1.165) is 45.4 Å². The standard InChI is InChI=1S/C13H24N2O3/c1-10(18-9-12-5-3-7-17-12)13(16)15-11-4-2-6-14-8-11/h10-12,14H,2-9H2,1H3,(H,15,16). The van der Waals surface area contributed by atoms with Crippen LogP contribution in [0.15, 0.2) is 0 Å². The Morgan fingerprint density at radius 3 is 3.06 bits per heavy atom. The second-order valence-electron chi connectivity index (χ2n) is 5.16. The van der Waals surface area contributed by atoms with Gasteiger partial charge < -0.3 is 20.1 Å². The fourth-order valence-electron chi connectivity index (χ4n) is 2.40. The lowest BCUT2D eigenvalue weighted by Crippen LogP contribution is -2.48. The average molecular weight is 256 g/mol. The van der Waals surface area contributed by atoms with Gasteiger partial charge in [0.05, 0.1) is 12.7 Å². The van der Waals surface area contributed by atoms with Gasteiger partial charge in [-0.1, -0.05) is 0 Å². The van der Waals surface area contributed by atoms with Crippen LogP contribution in [0.2, 0.25) is 0 Å². The molecule has 0 aromatic heterocycles. The van der Waals surface area contributed by atoms with Crippen LogP contribution >= 0.6 is 0 Å². The molecule has 0 radical (unpaired) electrons. The van der Waals surface area contributed by atoms with Crippen molar-refractivity contribution in [2.75, 3.05) is 26.3 Å². The van der Waals surface area contributed by atoms with Crippen molar-refractivity contribution in [3.8, 4) is 0 Å². The summed E-state index contributed by atoms with van der Waals surface area (Å²) in [4.78, 5) is 11.9. The third-order valence-electron chi connectivity index (χ3n) is 3.57. The molecule has 2 N–H and O–H groups in total. The summed E-state index contributed by atoms with van der Waals surface area (Å²) in [6, 6.07) is 0.250. The van der Waals surface area contributed by atoms with Crippen LogP contribution in [-0.4, -0.2) is 50.5 Å². The number of piperidine rings is 1. The number of amides is 1. The zero-order valence-electron chi connectivity index (χ0n) is 11.1. The maximum Gasteiger partial charge on any atom is 0.249 e. The van der Waals surface area contributed by atoms with E-state index < -0.39 is 6.10 Å². The van der Waals surface area contributed by atoms with Crippen LogP contribution in [0.5, 0.6) is 0 Å². The van der Waals surface area contributed by atoms with Gasteiger partial charge in [-0.05, 0) is 39.2 Å². The van der Waals surface area contributed by atoms with Crippen molar-refractivity contribution in [3.05, 3.63) is 0 Å². The van der Waals surface area contributed by atoms with Gasteiger partial charge in [-0.15, -0.1) is 0 Å². The predicted molar refractivity (Wildman–Crippen MR) is 68.4 cm³/mol. The fourth-order valence-corrected chi connectivity index (χ4v) is 2.40. The van der Waals surface area contributed by atoms with Crippen molar-refractivity contribution in [1.29, 1.82) is 0 Å². The smallest absolute Gasteiger partial charge is 0.249 e. The molecular weight excluding hydrogens is 232 g/mol. The number of rotatable bonds is 5. The minimum absolute atomic E-state index is 0.0123. The number of carbonyl (C=O) groups is 1. The first kappa shape index (κ1) is 13.8. The number of hydrogen-bond acceptors (Lipinski definition) is 4. The molecule has 1 amide bonds. The van der Waals surface area contributed by atoms with Crippen molar-refractivity contribution in [2.45, 2.75) is 50.9 Å². The second-order valence-corrected chi connectivity index (χ2v) is 5.16. The van der Waals surface area contributed by atoms with E-state index in [0.29, 0.717) is 6.61 Å². The molecule has 0 bridgehead atoms. The zero-order valence-corrected chi connectivity index (χ0v) is 11.1. The molecule has 2 aliphatic heterocycles. The summed E-state index contributed by atoms with van der Waals surface area (Å²) in [5, 5.41) is 6.31. The summed E-state index contributed by atoms with van der Waals surface area (Å²) < 4.78 is 11.0. The molecule has 2 aliphatic rings. The Kier molecular flexibility index (Phi) is 5.41. The quantitative estimate of drug-likeness (QED) is 0.749. The topological polar surface area (TPSA) is 59.6 Å². The normalized spacial score (nSPS) is 30.1. The molecule has 5 nitrogen and oxygen atoms in total. The molecule has 0 saturated carbocycles. The first-order valence-electron chi connectivity index (χ1n) is 7.00. The molecule has 0 aromatic rings. The Labute approximate surface area is 109 Å². The third-order valence-corrected chi connectivity index (χ3v) is 3.57. The Hall–Kier alpha value is -0.650. The molecular formula is C13H24N2O3. The van der Waals surface area contributed by atoms with E-state index in [9.17, 15) is 4.79 Å². The molecule has 2 rings (SSSR count). The van der Waals surface area contributed by atoms with Gasteiger partial charge >= 0.3 is 0 Å². The van der Waals surface area contributed by atoms with Gasteiger partial charge in [-0.3, -0.25) is 4.79 Å². The van der Waals surface area contributed by atoms with Crippen LogP contribution in [-0.2, 0) is 14.3 Å². The molecule has 2 fully saturated rings. The number of ether oxygens (including phenoxy) is 2.